The molecule has 47 heavy (non-hydrogen) atoms. The third-order valence-corrected chi connectivity index (χ3v) is 8.87. The highest BCUT2D eigenvalue weighted by Crippen LogP contribution is 2.44. The molecule has 0 aliphatic rings. The van der Waals surface area contributed by atoms with E-state index in [4.69, 9.17) is 0 Å². The van der Waals surface area contributed by atoms with E-state index in [-0.39, 0.29) is 0 Å². The monoisotopic (exact) mass is 599 g/mol. The molecule has 222 valence electrons. The topological polar surface area (TPSA) is 3.24 Å². The van der Waals surface area contributed by atoms with Gasteiger partial charge in [-0.05, 0) is 86.1 Å². The maximum atomic E-state index is 2.40. The minimum absolute atomic E-state index is 1.11. The molecule has 0 bridgehead atoms. The summed E-state index contributed by atoms with van der Waals surface area (Å²) in [5.74, 6) is 0. The summed E-state index contributed by atoms with van der Waals surface area (Å²) in [6.45, 7) is 0. The van der Waals surface area contributed by atoms with E-state index >= 15 is 0 Å². The predicted octanol–water partition coefficient (Wildman–Crippen LogP) is 13.0. The molecule has 0 amide bonds. The minimum Gasteiger partial charge on any atom is -0.310 e. The van der Waals surface area contributed by atoms with Gasteiger partial charge >= 0.3 is 0 Å². The van der Waals surface area contributed by atoms with Gasteiger partial charge in [0, 0.05) is 16.9 Å². The normalized spacial score (nSPS) is 11.0. The van der Waals surface area contributed by atoms with Crippen LogP contribution in [0.1, 0.15) is 0 Å². The van der Waals surface area contributed by atoms with Gasteiger partial charge in [0.25, 0.3) is 0 Å². The Bertz CT molecular complexity index is 2270. The Morgan fingerprint density at radius 1 is 0.255 bits per heavy atom. The quantitative estimate of drug-likeness (QED) is 0.176. The molecule has 0 aliphatic heterocycles. The Morgan fingerprint density at radius 2 is 0.723 bits per heavy atom. The van der Waals surface area contributed by atoms with E-state index in [9.17, 15) is 0 Å². The van der Waals surface area contributed by atoms with Crippen LogP contribution in [0.2, 0.25) is 0 Å². The van der Waals surface area contributed by atoms with E-state index in [1.807, 2.05) is 0 Å². The molecule has 0 aliphatic carbocycles. The molecule has 0 fully saturated rings. The molecule has 1 heteroatoms. The van der Waals surface area contributed by atoms with Crippen LogP contribution >= 0.6 is 0 Å². The molecule has 8 aromatic carbocycles. The van der Waals surface area contributed by atoms with Gasteiger partial charge in [0.15, 0.2) is 0 Å². The van der Waals surface area contributed by atoms with Crippen LogP contribution in [0.3, 0.4) is 0 Å². The highest BCUT2D eigenvalue weighted by Gasteiger charge is 2.19. The SMILES string of the molecule is c1ccc(-c2ccc(N(c3ccc4ccccc4c3)c3ccc(-c4ccccc4-c4ccccc4)cc3-c3ccccc3)cc2)cc1. The van der Waals surface area contributed by atoms with Crippen LogP contribution < -0.4 is 4.90 Å². The fraction of sp³-hybridized carbons (Fsp3) is 0. The van der Waals surface area contributed by atoms with Gasteiger partial charge in [-0.3, -0.25) is 0 Å². The zero-order chi connectivity index (χ0) is 31.4. The summed E-state index contributed by atoms with van der Waals surface area (Å²) in [4.78, 5) is 2.40. The number of hydrogen-bond donors (Lipinski definition) is 0. The van der Waals surface area contributed by atoms with Crippen molar-refractivity contribution in [2.24, 2.45) is 0 Å². The lowest BCUT2D eigenvalue weighted by Crippen LogP contribution is -2.11. The fourth-order valence-corrected chi connectivity index (χ4v) is 6.53. The molecular formula is C46H33N. The second-order valence-corrected chi connectivity index (χ2v) is 11.8. The summed E-state index contributed by atoms with van der Waals surface area (Å²) in [6.07, 6.45) is 0. The Balaban J connectivity index is 1.33. The maximum absolute atomic E-state index is 2.40. The van der Waals surface area contributed by atoms with Crippen molar-refractivity contribution in [3.8, 4) is 44.5 Å². The first kappa shape index (κ1) is 28.3. The molecule has 0 atom stereocenters. The third-order valence-electron chi connectivity index (χ3n) is 8.87. The molecule has 0 unspecified atom stereocenters. The van der Waals surface area contributed by atoms with Crippen molar-refractivity contribution in [2.75, 3.05) is 4.90 Å². The van der Waals surface area contributed by atoms with Crippen LogP contribution in [-0.4, -0.2) is 0 Å². The van der Waals surface area contributed by atoms with Crippen LogP contribution in [-0.2, 0) is 0 Å². The van der Waals surface area contributed by atoms with Gasteiger partial charge in [0.1, 0.15) is 0 Å². The van der Waals surface area contributed by atoms with E-state index < -0.39 is 0 Å². The van der Waals surface area contributed by atoms with Crippen molar-refractivity contribution < 1.29 is 0 Å². The van der Waals surface area contributed by atoms with Crippen LogP contribution in [0.4, 0.5) is 17.1 Å². The molecule has 0 aromatic heterocycles. The first-order valence-electron chi connectivity index (χ1n) is 16.1. The van der Waals surface area contributed by atoms with Crippen molar-refractivity contribution in [3.63, 3.8) is 0 Å². The highest BCUT2D eigenvalue weighted by molar-refractivity contribution is 5.95. The molecule has 0 saturated heterocycles. The molecule has 8 aromatic rings. The van der Waals surface area contributed by atoms with Crippen LogP contribution in [0.15, 0.2) is 200 Å². The van der Waals surface area contributed by atoms with E-state index in [2.05, 4.69) is 205 Å². The van der Waals surface area contributed by atoms with Gasteiger partial charge < -0.3 is 4.90 Å². The van der Waals surface area contributed by atoms with Gasteiger partial charge in [0.2, 0.25) is 0 Å². The molecule has 0 N–H and O–H groups in total. The molecule has 0 saturated carbocycles. The smallest absolute Gasteiger partial charge is 0.0540 e. The maximum Gasteiger partial charge on any atom is 0.0540 e. The molecule has 0 spiro atoms. The minimum atomic E-state index is 1.11. The molecule has 1 nitrogen and oxygen atoms in total. The summed E-state index contributed by atoms with van der Waals surface area (Å²) >= 11 is 0. The predicted molar refractivity (Wildman–Crippen MR) is 200 cm³/mol. The summed E-state index contributed by atoms with van der Waals surface area (Å²) in [5, 5.41) is 2.44. The van der Waals surface area contributed by atoms with Gasteiger partial charge in [-0.15, -0.1) is 0 Å². The lowest BCUT2D eigenvalue weighted by Gasteiger charge is -2.29. The van der Waals surface area contributed by atoms with Crippen molar-refractivity contribution in [3.05, 3.63) is 200 Å². The second-order valence-electron chi connectivity index (χ2n) is 11.8. The molecule has 0 heterocycles. The Morgan fingerprint density at radius 3 is 1.38 bits per heavy atom. The van der Waals surface area contributed by atoms with Gasteiger partial charge in [-0.1, -0.05) is 164 Å². The van der Waals surface area contributed by atoms with Crippen molar-refractivity contribution in [1.29, 1.82) is 0 Å². The number of rotatable bonds is 7. The lowest BCUT2D eigenvalue weighted by atomic mass is 9.91. The highest BCUT2D eigenvalue weighted by atomic mass is 15.1. The van der Waals surface area contributed by atoms with Crippen molar-refractivity contribution in [1.82, 2.24) is 0 Å². The zero-order valence-corrected chi connectivity index (χ0v) is 26.0. The van der Waals surface area contributed by atoms with Gasteiger partial charge in [-0.2, -0.15) is 0 Å². The molecule has 8 rings (SSSR count). The largest absolute Gasteiger partial charge is 0.310 e. The summed E-state index contributed by atoms with van der Waals surface area (Å²) in [5.41, 5.74) is 12.9. The number of fused-ring (bicyclic) bond motifs is 1. The van der Waals surface area contributed by atoms with Crippen LogP contribution in [0.25, 0.3) is 55.3 Å². The number of benzene rings is 8. The summed E-state index contributed by atoms with van der Waals surface area (Å²) < 4.78 is 0. The van der Waals surface area contributed by atoms with Crippen LogP contribution in [0.5, 0.6) is 0 Å². The number of hydrogen-bond acceptors (Lipinski definition) is 1. The lowest BCUT2D eigenvalue weighted by molar-refractivity contribution is 1.29. The Hall–Kier alpha value is -6.18. The second kappa shape index (κ2) is 12.7. The number of anilines is 3. The van der Waals surface area contributed by atoms with Gasteiger partial charge in [0.05, 0.1) is 5.69 Å². The third kappa shape index (κ3) is 5.72. The average Bonchev–Trinajstić information content (AvgIpc) is 3.16. The first-order chi connectivity index (χ1) is 23.3. The Kier molecular flexibility index (Phi) is 7.63. The van der Waals surface area contributed by atoms with E-state index in [0.29, 0.717) is 0 Å². The molecule has 0 radical (unpaired) electrons. The Labute approximate surface area is 276 Å². The van der Waals surface area contributed by atoms with E-state index in [1.165, 1.54) is 55.3 Å². The number of nitrogens with zero attached hydrogens (tertiary/aromatic N) is 1. The summed E-state index contributed by atoms with van der Waals surface area (Å²) in [7, 11) is 0. The van der Waals surface area contributed by atoms with Gasteiger partial charge in [-0.25, -0.2) is 0 Å². The summed E-state index contributed by atoms with van der Waals surface area (Å²) in [6, 6.07) is 71.9. The first-order valence-corrected chi connectivity index (χ1v) is 16.1. The zero-order valence-electron chi connectivity index (χ0n) is 26.0. The van der Waals surface area contributed by atoms with Crippen molar-refractivity contribution in [2.45, 2.75) is 0 Å². The fourth-order valence-electron chi connectivity index (χ4n) is 6.53. The van der Waals surface area contributed by atoms with Crippen molar-refractivity contribution >= 4 is 27.8 Å². The average molecular weight is 600 g/mol. The standard InChI is InChI=1S/C46H33N/c1-4-14-34(15-5-1)36-24-28-41(29-25-36)47(42-30-26-35-16-10-11-21-39(35)32-42)46-31-27-40(33-45(46)38-19-8-3-9-20-38)44-23-13-12-22-43(44)37-17-6-2-7-18-37/h1-33H. The molecular weight excluding hydrogens is 567 g/mol. The van der Waals surface area contributed by atoms with E-state index in [1.54, 1.807) is 0 Å². The van der Waals surface area contributed by atoms with E-state index in [0.717, 1.165) is 17.1 Å². The van der Waals surface area contributed by atoms with Crippen LogP contribution in [0, 0.1) is 0 Å².